The molecule has 2 aromatic rings. The Bertz CT molecular complexity index is 738. The fourth-order valence-electron chi connectivity index (χ4n) is 3.14. The van der Waals surface area contributed by atoms with Crippen molar-refractivity contribution in [1.82, 2.24) is 9.80 Å². The van der Waals surface area contributed by atoms with Crippen molar-refractivity contribution in [1.29, 1.82) is 0 Å². The van der Waals surface area contributed by atoms with Crippen molar-refractivity contribution >= 4 is 5.91 Å². The number of carbonyl (C=O) groups is 1. The molecule has 0 unspecified atom stereocenters. The van der Waals surface area contributed by atoms with E-state index in [0.717, 1.165) is 12.3 Å². The second-order valence-electron chi connectivity index (χ2n) is 7.16. The highest BCUT2D eigenvalue weighted by Crippen LogP contribution is 2.28. The van der Waals surface area contributed by atoms with Crippen LogP contribution in [0.1, 0.15) is 29.5 Å². The molecule has 4 heteroatoms. The standard InChI is InChI=1S/C22H28N2O2/c1-17-6-4-5-7-19(17)15-23(2)22(25)16-24(20-10-11-20)14-18-8-12-21(26-3)13-9-18/h4-9,12-13,20H,10-11,14-16H2,1-3H3. The summed E-state index contributed by atoms with van der Waals surface area (Å²) in [6.45, 7) is 4.03. The molecule has 0 aliphatic heterocycles. The first-order chi connectivity index (χ1) is 12.6. The number of amides is 1. The van der Waals surface area contributed by atoms with E-state index in [2.05, 4.69) is 36.1 Å². The smallest absolute Gasteiger partial charge is 0.236 e. The van der Waals surface area contributed by atoms with E-state index in [1.54, 1.807) is 7.11 Å². The van der Waals surface area contributed by atoms with E-state index in [4.69, 9.17) is 4.74 Å². The van der Waals surface area contributed by atoms with Crippen molar-refractivity contribution in [3.63, 3.8) is 0 Å². The zero-order valence-electron chi connectivity index (χ0n) is 15.9. The van der Waals surface area contributed by atoms with Crippen LogP contribution in [0.15, 0.2) is 48.5 Å². The summed E-state index contributed by atoms with van der Waals surface area (Å²) in [7, 11) is 3.57. The van der Waals surface area contributed by atoms with Crippen LogP contribution in [0, 0.1) is 6.92 Å². The Morgan fingerprint density at radius 3 is 2.38 bits per heavy atom. The largest absolute Gasteiger partial charge is 0.497 e. The molecule has 138 valence electrons. The van der Waals surface area contributed by atoms with Gasteiger partial charge in [0.25, 0.3) is 0 Å². The van der Waals surface area contributed by atoms with E-state index in [1.807, 2.05) is 36.2 Å². The molecule has 0 heterocycles. The van der Waals surface area contributed by atoms with Crippen molar-refractivity contribution in [3.05, 3.63) is 65.2 Å². The van der Waals surface area contributed by atoms with Crippen LogP contribution in [0.5, 0.6) is 5.75 Å². The first-order valence-corrected chi connectivity index (χ1v) is 9.22. The van der Waals surface area contributed by atoms with E-state index in [9.17, 15) is 4.79 Å². The minimum Gasteiger partial charge on any atom is -0.497 e. The first-order valence-electron chi connectivity index (χ1n) is 9.22. The molecule has 1 fully saturated rings. The quantitative estimate of drug-likeness (QED) is 0.727. The monoisotopic (exact) mass is 352 g/mol. The SMILES string of the molecule is COc1ccc(CN(CC(=O)N(C)Cc2ccccc2C)C2CC2)cc1. The van der Waals surface area contributed by atoms with Gasteiger partial charge in [-0.15, -0.1) is 0 Å². The Morgan fingerprint density at radius 2 is 1.77 bits per heavy atom. The highest BCUT2D eigenvalue weighted by atomic mass is 16.5. The highest BCUT2D eigenvalue weighted by molar-refractivity contribution is 5.78. The molecule has 0 bridgehead atoms. The molecule has 1 aliphatic carbocycles. The Hall–Kier alpha value is -2.33. The topological polar surface area (TPSA) is 32.8 Å². The van der Waals surface area contributed by atoms with Gasteiger partial charge in [-0.25, -0.2) is 0 Å². The lowest BCUT2D eigenvalue weighted by atomic mass is 10.1. The van der Waals surface area contributed by atoms with Crippen LogP contribution in [0.25, 0.3) is 0 Å². The molecule has 4 nitrogen and oxygen atoms in total. The number of rotatable bonds is 8. The first kappa shape index (κ1) is 18.5. The molecule has 1 saturated carbocycles. The Labute approximate surface area is 156 Å². The van der Waals surface area contributed by atoms with Gasteiger partial charge in [-0.05, 0) is 48.6 Å². The summed E-state index contributed by atoms with van der Waals surface area (Å²) in [5, 5.41) is 0. The number of likely N-dealkylation sites (N-methyl/N-ethyl adjacent to an activating group) is 1. The van der Waals surface area contributed by atoms with Gasteiger partial charge >= 0.3 is 0 Å². The summed E-state index contributed by atoms with van der Waals surface area (Å²) in [4.78, 5) is 16.9. The number of carbonyl (C=O) groups excluding carboxylic acids is 1. The van der Waals surface area contributed by atoms with Gasteiger partial charge in [-0.3, -0.25) is 9.69 Å². The summed E-state index contributed by atoms with van der Waals surface area (Å²) in [6.07, 6.45) is 2.37. The number of benzene rings is 2. The number of hydrogen-bond acceptors (Lipinski definition) is 3. The molecular formula is C22H28N2O2. The van der Waals surface area contributed by atoms with Crippen LogP contribution in [-0.2, 0) is 17.9 Å². The molecular weight excluding hydrogens is 324 g/mol. The van der Waals surface area contributed by atoms with E-state index in [1.165, 1.54) is 29.5 Å². The Kier molecular flexibility index (Phi) is 5.94. The average molecular weight is 352 g/mol. The molecule has 0 spiro atoms. The van der Waals surface area contributed by atoms with Crippen molar-refractivity contribution in [2.45, 2.75) is 38.9 Å². The van der Waals surface area contributed by atoms with E-state index >= 15 is 0 Å². The molecule has 26 heavy (non-hydrogen) atoms. The van der Waals surface area contributed by atoms with E-state index in [-0.39, 0.29) is 5.91 Å². The number of methoxy groups -OCH3 is 1. The maximum atomic E-state index is 12.8. The molecule has 1 amide bonds. The van der Waals surface area contributed by atoms with Crippen LogP contribution < -0.4 is 4.74 Å². The second kappa shape index (κ2) is 8.37. The Balaban J connectivity index is 1.60. The summed E-state index contributed by atoms with van der Waals surface area (Å²) < 4.78 is 5.22. The lowest BCUT2D eigenvalue weighted by Gasteiger charge is -2.25. The van der Waals surface area contributed by atoms with Gasteiger partial charge in [0.2, 0.25) is 5.91 Å². The predicted octanol–water partition coefficient (Wildman–Crippen LogP) is 3.63. The van der Waals surface area contributed by atoms with Gasteiger partial charge in [0, 0.05) is 26.2 Å². The van der Waals surface area contributed by atoms with Crippen LogP contribution in [0.3, 0.4) is 0 Å². The van der Waals surface area contributed by atoms with Crippen LogP contribution >= 0.6 is 0 Å². The third-order valence-corrected chi connectivity index (χ3v) is 5.04. The second-order valence-corrected chi connectivity index (χ2v) is 7.16. The van der Waals surface area contributed by atoms with Crippen molar-refractivity contribution in [3.8, 4) is 5.75 Å². The maximum absolute atomic E-state index is 12.8. The normalized spacial score (nSPS) is 13.7. The highest BCUT2D eigenvalue weighted by Gasteiger charge is 2.31. The van der Waals surface area contributed by atoms with Crippen molar-refractivity contribution in [2.75, 3.05) is 20.7 Å². The van der Waals surface area contributed by atoms with E-state index in [0.29, 0.717) is 19.1 Å². The maximum Gasteiger partial charge on any atom is 0.236 e. The van der Waals surface area contributed by atoms with Crippen LogP contribution in [0.2, 0.25) is 0 Å². The zero-order valence-corrected chi connectivity index (χ0v) is 15.9. The van der Waals surface area contributed by atoms with Gasteiger partial charge in [-0.1, -0.05) is 36.4 Å². The van der Waals surface area contributed by atoms with Gasteiger partial charge in [-0.2, -0.15) is 0 Å². The summed E-state index contributed by atoms with van der Waals surface area (Å²) in [5.41, 5.74) is 3.65. The summed E-state index contributed by atoms with van der Waals surface area (Å²) in [5.74, 6) is 1.04. The average Bonchev–Trinajstić information content (AvgIpc) is 3.48. The predicted molar refractivity (Wildman–Crippen MR) is 104 cm³/mol. The summed E-state index contributed by atoms with van der Waals surface area (Å²) in [6, 6.07) is 16.9. The third-order valence-electron chi connectivity index (χ3n) is 5.04. The number of hydrogen-bond donors (Lipinski definition) is 0. The number of ether oxygens (including phenoxy) is 1. The van der Waals surface area contributed by atoms with Gasteiger partial charge in [0.1, 0.15) is 5.75 Å². The molecule has 0 radical (unpaired) electrons. The number of aryl methyl sites for hydroxylation is 1. The molecule has 0 saturated heterocycles. The van der Waals surface area contributed by atoms with Crippen LogP contribution in [0.4, 0.5) is 0 Å². The third kappa shape index (κ3) is 4.85. The number of nitrogens with zero attached hydrogens (tertiary/aromatic N) is 2. The molecule has 0 N–H and O–H groups in total. The van der Waals surface area contributed by atoms with Crippen LogP contribution in [-0.4, -0.2) is 42.5 Å². The lowest BCUT2D eigenvalue weighted by molar-refractivity contribution is -0.132. The minimum atomic E-state index is 0.175. The fraction of sp³-hybridized carbons (Fsp3) is 0.409. The summed E-state index contributed by atoms with van der Waals surface area (Å²) >= 11 is 0. The lowest BCUT2D eigenvalue weighted by Crippen LogP contribution is -2.39. The van der Waals surface area contributed by atoms with Crippen molar-refractivity contribution in [2.24, 2.45) is 0 Å². The molecule has 0 aromatic heterocycles. The fourth-order valence-corrected chi connectivity index (χ4v) is 3.14. The van der Waals surface area contributed by atoms with Gasteiger partial charge in [0.15, 0.2) is 0 Å². The molecule has 3 rings (SSSR count). The molecule has 0 atom stereocenters. The zero-order chi connectivity index (χ0) is 18.5. The molecule has 1 aliphatic rings. The van der Waals surface area contributed by atoms with E-state index < -0.39 is 0 Å². The van der Waals surface area contributed by atoms with Crippen molar-refractivity contribution < 1.29 is 9.53 Å². The molecule has 2 aromatic carbocycles. The van der Waals surface area contributed by atoms with Gasteiger partial charge < -0.3 is 9.64 Å². The van der Waals surface area contributed by atoms with Gasteiger partial charge in [0.05, 0.1) is 13.7 Å². The Morgan fingerprint density at radius 1 is 1.08 bits per heavy atom. The minimum absolute atomic E-state index is 0.175.